The molecule has 1 aromatic heterocycles. The summed E-state index contributed by atoms with van der Waals surface area (Å²) in [4.78, 5) is 6.63. The van der Waals surface area contributed by atoms with E-state index < -0.39 is 0 Å². The van der Waals surface area contributed by atoms with Crippen molar-refractivity contribution in [2.24, 2.45) is 4.99 Å². The highest BCUT2D eigenvalue weighted by atomic mass is 127. The first-order valence-electron chi connectivity index (χ1n) is 8.26. The van der Waals surface area contributed by atoms with Crippen LogP contribution in [0, 0.1) is 0 Å². The van der Waals surface area contributed by atoms with E-state index in [4.69, 9.17) is 16.3 Å². The van der Waals surface area contributed by atoms with Crippen molar-refractivity contribution in [1.29, 1.82) is 0 Å². The van der Waals surface area contributed by atoms with Crippen molar-refractivity contribution >= 4 is 58.6 Å². The molecule has 2 N–H and O–H groups in total. The SMILES string of the molecule is CN=C(NCc1ccsc1)NC1CCN(c2cc(Cl)ccc2OC)C1.I. The molecule has 0 bridgehead atoms. The number of hydrogen-bond donors (Lipinski definition) is 2. The molecule has 2 heterocycles. The quantitative estimate of drug-likeness (QED) is 0.366. The lowest BCUT2D eigenvalue weighted by atomic mass is 10.2. The zero-order valence-electron chi connectivity index (χ0n) is 14.9. The van der Waals surface area contributed by atoms with Gasteiger partial charge in [-0.1, -0.05) is 11.6 Å². The highest BCUT2D eigenvalue weighted by Gasteiger charge is 2.25. The smallest absolute Gasteiger partial charge is 0.191 e. The van der Waals surface area contributed by atoms with Crippen molar-refractivity contribution in [1.82, 2.24) is 10.6 Å². The van der Waals surface area contributed by atoms with Gasteiger partial charge in [-0.15, -0.1) is 24.0 Å². The molecule has 1 fully saturated rings. The van der Waals surface area contributed by atoms with Crippen molar-refractivity contribution in [3.05, 3.63) is 45.6 Å². The number of hydrogen-bond acceptors (Lipinski definition) is 4. The number of nitrogens with one attached hydrogen (secondary N) is 2. The van der Waals surface area contributed by atoms with Crippen LogP contribution in [0.25, 0.3) is 0 Å². The van der Waals surface area contributed by atoms with Gasteiger partial charge in [-0.05, 0) is 47.0 Å². The Morgan fingerprint density at radius 1 is 1.42 bits per heavy atom. The van der Waals surface area contributed by atoms with Crippen LogP contribution >= 0.6 is 46.9 Å². The molecule has 0 spiro atoms. The molecule has 1 atom stereocenters. The Balaban J connectivity index is 0.00000243. The monoisotopic (exact) mass is 506 g/mol. The Labute approximate surface area is 180 Å². The summed E-state index contributed by atoms with van der Waals surface area (Å²) in [5.41, 5.74) is 2.31. The van der Waals surface area contributed by atoms with E-state index in [1.807, 2.05) is 18.2 Å². The van der Waals surface area contributed by atoms with E-state index in [9.17, 15) is 0 Å². The summed E-state index contributed by atoms with van der Waals surface area (Å²) in [6, 6.07) is 8.18. The number of methoxy groups -OCH3 is 1. The Morgan fingerprint density at radius 2 is 2.27 bits per heavy atom. The summed E-state index contributed by atoms with van der Waals surface area (Å²) in [7, 11) is 3.49. The minimum absolute atomic E-state index is 0. The Kier molecular flexibility index (Phi) is 8.30. The van der Waals surface area contributed by atoms with E-state index in [-0.39, 0.29) is 24.0 Å². The molecular weight excluding hydrogens is 483 g/mol. The van der Waals surface area contributed by atoms with E-state index in [2.05, 4.69) is 37.4 Å². The summed E-state index contributed by atoms with van der Waals surface area (Å²) in [6.45, 7) is 2.62. The molecule has 5 nitrogen and oxygen atoms in total. The molecule has 26 heavy (non-hydrogen) atoms. The fourth-order valence-electron chi connectivity index (χ4n) is 2.97. The van der Waals surface area contributed by atoms with Gasteiger partial charge in [0.05, 0.1) is 12.8 Å². The van der Waals surface area contributed by atoms with E-state index >= 15 is 0 Å². The highest BCUT2D eigenvalue weighted by molar-refractivity contribution is 14.0. The van der Waals surface area contributed by atoms with Crippen molar-refractivity contribution in [2.75, 3.05) is 32.1 Å². The Morgan fingerprint density at radius 3 is 2.96 bits per heavy atom. The van der Waals surface area contributed by atoms with Crippen molar-refractivity contribution < 1.29 is 4.74 Å². The Bertz CT molecular complexity index is 726. The summed E-state index contributed by atoms with van der Waals surface area (Å²) >= 11 is 7.86. The topological polar surface area (TPSA) is 48.9 Å². The van der Waals surface area contributed by atoms with E-state index in [0.717, 1.165) is 48.5 Å². The van der Waals surface area contributed by atoms with Crippen LogP contribution in [0.5, 0.6) is 5.75 Å². The number of ether oxygens (including phenoxy) is 1. The molecule has 0 amide bonds. The maximum Gasteiger partial charge on any atom is 0.191 e. The van der Waals surface area contributed by atoms with E-state index in [0.29, 0.717) is 6.04 Å². The second-order valence-corrected chi connectivity index (χ2v) is 7.17. The number of benzene rings is 1. The molecule has 2 aromatic rings. The van der Waals surface area contributed by atoms with Gasteiger partial charge in [-0.3, -0.25) is 4.99 Å². The zero-order chi connectivity index (χ0) is 17.6. The van der Waals surface area contributed by atoms with Crippen LogP contribution in [-0.2, 0) is 6.54 Å². The number of halogens is 2. The maximum atomic E-state index is 6.16. The van der Waals surface area contributed by atoms with Gasteiger partial charge in [-0.25, -0.2) is 0 Å². The molecule has 0 radical (unpaired) electrons. The molecule has 1 unspecified atom stereocenters. The number of thiophene rings is 1. The lowest BCUT2D eigenvalue weighted by Gasteiger charge is -2.22. The van der Waals surface area contributed by atoms with Gasteiger partial charge in [0.15, 0.2) is 5.96 Å². The van der Waals surface area contributed by atoms with Crippen LogP contribution in [0.15, 0.2) is 40.0 Å². The van der Waals surface area contributed by atoms with Crippen LogP contribution in [0.1, 0.15) is 12.0 Å². The molecule has 8 heteroatoms. The largest absolute Gasteiger partial charge is 0.495 e. The van der Waals surface area contributed by atoms with Crippen LogP contribution in [0.4, 0.5) is 5.69 Å². The predicted molar refractivity (Wildman–Crippen MR) is 122 cm³/mol. The average Bonchev–Trinajstić information content (AvgIpc) is 3.30. The summed E-state index contributed by atoms with van der Waals surface area (Å²) in [5.74, 6) is 1.68. The number of rotatable bonds is 5. The van der Waals surface area contributed by atoms with Crippen molar-refractivity contribution in [3.8, 4) is 5.75 Å². The lowest BCUT2D eigenvalue weighted by molar-refractivity contribution is 0.415. The van der Waals surface area contributed by atoms with Crippen molar-refractivity contribution in [3.63, 3.8) is 0 Å². The van der Waals surface area contributed by atoms with Crippen LogP contribution < -0.4 is 20.3 Å². The van der Waals surface area contributed by atoms with Gasteiger partial charge in [-0.2, -0.15) is 11.3 Å². The molecule has 1 aromatic carbocycles. The van der Waals surface area contributed by atoms with Gasteiger partial charge in [0, 0.05) is 37.7 Å². The molecule has 1 aliphatic rings. The predicted octanol–water partition coefficient (Wildman–Crippen LogP) is 3.97. The third kappa shape index (κ3) is 5.40. The molecule has 3 rings (SSSR count). The lowest BCUT2D eigenvalue weighted by Crippen LogP contribution is -2.44. The number of aliphatic imine (C=N–C) groups is 1. The van der Waals surface area contributed by atoms with Gasteiger partial charge in [0.25, 0.3) is 0 Å². The van der Waals surface area contributed by atoms with Gasteiger partial charge >= 0.3 is 0 Å². The van der Waals surface area contributed by atoms with E-state index in [1.165, 1.54) is 5.56 Å². The minimum Gasteiger partial charge on any atom is -0.495 e. The van der Waals surface area contributed by atoms with Gasteiger partial charge in [0.2, 0.25) is 0 Å². The van der Waals surface area contributed by atoms with Gasteiger partial charge < -0.3 is 20.3 Å². The molecular formula is C18H24ClIN4OS. The number of anilines is 1. The van der Waals surface area contributed by atoms with Crippen molar-refractivity contribution in [2.45, 2.75) is 19.0 Å². The third-order valence-corrected chi connectivity index (χ3v) is 5.24. The first-order valence-corrected chi connectivity index (χ1v) is 9.58. The Hall–Kier alpha value is -1.19. The second kappa shape index (κ2) is 10.2. The normalized spacial score (nSPS) is 17.0. The van der Waals surface area contributed by atoms with Crippen LogP contribution in [0.2, 0.25) is 5.02 Å². The molecule has 142 valence electrons. The highest BCUT2D eigenvalue weighted by Crippen LogP contribution is 2.33. The van der Waals surface area contributed by atoms with Crippen LogP contribution in [-0.4, -0.2) is 39.2 Å². The summed E-state index contributed by atoms with van der Waals surface area (Å²) in [6.07, 6.45) is 1.04. The fraction of sp³-hybridized carbons (Fsp3) is 0.389. The summed E-state index contributed by atoms with van der Waals surface area (Å²) < 4.78 is 5.47. The molecule has 0 aliphatic carbocycles. The fourth-order valence-corrected chi connectivity index (χ4v) is 3.81. The van der Waals surface area contributed by atoms with Crippen LogP contribution in [0.3, 0.4) is 0 Å². The third-order valence-electron chi connectivity index (χ3n) is 4.27. The summed E-state index contributed by atoms with van der Waals surface area (Å²) in [5, 5.41) is 11.8. The molecule has 1 saturated heterocycles. The number of nitrogens with zero attached hydrogens (tertiary/aromatic N) is 2. The minimum atomic E-state index is 0. The molecule has 0 saturated carbocycles. The first kappa shape index (κ1) is 21.1. The molecule has 1 aliphatic heterocycles. The number of guanidine groups is 1. The first-order chi connectivity index (χ1) is 12.2. The standard InChI is InChI=1S/C18H23ClN4OS.HI/c1-20-18(21-10-13-6-8-25-12-13)22-15-5-7-23(11-15)16-9-14(19)3-4-17(16)24-2;/h3-4,6,8-9,12,15H,5,7,10-11H2,1-2H3,(H2,20,21,22);1H. The van der Waals surface area contributed by atoms with E-state index in [1.54, 1.807) is 25.5 Å². The second-order valence-electron chi connectivity index (χ2n) is 5.95. The van der Waals surface area contributed by atoms with Gasteiger partial charge in [0.1, 0.15) is 5.75 Å². The zero-order valence-corrected chi connectivity index (χ0v) is 18.8. The maximum absolute atomic E-state index is 6.16. The average molecular weight is 507 g/mol.